The number of nitrogens with one attached hydrogen (secondary N) is 2. The maximum absolute atomic E-state index is 12.7. The summed E-state index contributed by atoms with van der Waals surface area (Å²) < 4.78 is 39.6. The van der Waals surface area contributed by atoms with Crippen LogP contribution in [0.5, 0.6) is 11.5 Å². The molecule has 3 aromatic rings. The Hall–Kier alpha value is -3.52. The van der Waals surface area contributed by atoms with E-state index < -0.39 is 15.8 Å². The fourth-order valence-electron chi connectivity index (χ4n) is 4.00. The lowest BCUT2D eigenvalue weighted by atomic mass is 10.2. The molecule has 1 aliphatic carbocycles. The maximum Gasteiger partial charge on any atom is 0.261 e. The van der Waals surface area contributed by atoms with Crippen molar-refractivity contribution in [3.05, 3.63) is 78.4 Å². The molecule has 1 amide bonds. The molecule has 8 heteroatoms. The van der Waals surface area contributed by atoms with Crippen molar-refractivity contribution in [1.29, 1.82) is 0 Å². The number of hydrogen-bond acceptors (Lipinski definition) is 5. The van der Waals surface area contributed by atoms with Crippen LogP contribution in [0.3, 0.4) is 0 Å². The van der Waals surface area contributed by atoms with E-state index in [-0.39, 0.29) is 10.8 Å². The van der Waals surface area contributed by atoms with Crippen molar-refractivity contribution in [3.63, 3.8) is 0 Å². The van der Waals surface area contributed by atoms with Crippen LogP contribution in [0.25, 0.3) is 0 Å². The van der Waals surface area contributed by atoms with Crippen LogP contribution in [0.15, 0.2) is 77.7 Å². The predicted molar refractivity (Wildman–Crippen MR) is 121 cm³/mol. The highest BCUT2D eigenvalue weighted by atomic mass is 32.2. The first kappa shape index (κ1) is 20.4. The van der Waals surface area contributed by atoms with Crippen molar-refractivity contribution in [3.8, 4) is 11.5 Å². The van der Waals surface area contributed by atoms with Crippen molar-refractivity contribution in [1.82, 2.24) is 0 Å². The van der Waals surface area contributed by atoms with Crippen LogP contribution < -0.4 is 19.5 Å². The summed E-state index contributed by atoms with van der Waals surface area (Å²) in [6, 6.07) is 19.7. The Labute approximate surface area is 186 Å². The van der Waals surface area contributed by atoms with Crippen molar-refractivity contribution in [2.45, 2.75) is 36.4 Å². The Kier molecular flexibility index (Phi) is 5.01. The molecule has 2 aliphatic rings. The van der Waals surface area contributed by atoms with E-state index in [9.17, 15) is 13.2 Å². The van der Waals surface area contributed by atoms with Crippen LogP contribution in [-0.2, 0) is 10.0 Å². The summed E-state index contributed by atoms with van der Waals surface area (Å²) in [6.45, 7) is 0. The third-order valence-corrected chi connectivity index (χ3v) is 7.01. The molecule has 0 unspecified atom stereocenters. The number of hydrogen-bond donors (Lipinski definition) is 2. The number of anilines is 2. The van der Waals surface area contributed by atoms with Crippen LogP contribution in [-0.4, -0.2) is 20.1 Å². The van der Waals surface area contributed by atoms with Gasteiger partial charge in [0.25, 0.3) is 21.7 Å². The number of carbonyl (C=O) groups excluding carboxylic acids is 1. The molecule has 0 aromatic heterocycles. The van der Waals surface area contributed by atoms with Gasteiger partial charge in [-0.3, -0.25) is 9.52 Å². The van der Waals surface area contributed by atoms with Crippen LogP contribution in [0.4, 0.5) is 11.4 Å². The summed E-state index contributed by atoms with van der Waals surface area (Å²) in [4.78, 5) is 12.7. The zero-order valence-corrected chi connectivity index (χ0v) is 18.0. The van der Waals surface area contributed by atoms with Gasteiger partial charge in [0.2, 0.25) is 0 Å². The first-order chi connectivity index (χ1) is 15.4. The molecule has 1 saturated carbocycles. The Morgan fingerprint density at radius 2 is 1.50 bits per heavy atom. The molecule has 1 fully saturated rings. The maximum atomic E-state index is 12.7. The van der Waals surface area contributed by atoms with Crippen molar-refractivity contribution in [2.75, 3.05) is 10.0 Å². The molecule has 164 valence electrons. The summed E-state index contributed by atoms with van der Waals surface area (Å²) in [6.07, 6.45) is 3.86. The third-order valence-electron chi connectivity index (χ3n) is 5.61. The summed E-state index contributed by atoms with van der Waals surface area (Å²) in [5, 5.41) is 2.83. The standard InChI is InChI=1S/C24H22N2O5S/c27-23(25-19-10-13-21-22(16-19)31-24(30-21)14-4-5-15-24)17-8-11-20(12-9-17)32(28,29)26-18-6-2-1-3-7-18/h1-3,6-13,16,26H,4-5,14-15H2,(H,25,27). The van der Waals surface area contributed by atoms with Gasteiger partial charge in [-0.05, 0) is 61.4 Å². The van der Waals surface area contributed by atoms with Gasteiger partial charge in [0.05, 0.1) is 4.90 Å². The largest absolute Gasteiger partial charge is 0.448 e. The van der Waals surface area contributed by atoms with E-state index in [2.05, 4.69) is 10.0 Å². The molecule has 7 nitrogen and oxygen atoms in total. The lowest BCUT2D eigenvalue weighted by Gasteiger charge is -2.21. The van der Waals surface area contributed by atoms with E-state index in [1.807, 2.05) is 0 Å². The number of benzene rings is 3. The summed E-state index contributed by atoms with van der Waals surface area (Å²) >= 11 is 0. The normalized spacial score (nSPS) is 16.1. The van der Waals surface area contributed by atoms with Crippen LogP contribution in [0.1, 0.15) is 36.0 Å². The fourth-order valence-corrected chi connectivity index (χ4v) is 5.06. The molecule has 1 aliphatic heterocycles. The fraction of sp³-hybridized carbons (Fsp3) is 0.208. The zero-order chi connectivity index (χ0) is 22.2. The molecule has 3 aromatic carbocycles. The number of carbonyl (C=O) groups is 1. The van der Waals surface area contributed by atoms with Gasteiger partial charge in [0, 0.05) is 35.8 Å². The smallest absolute Gasteiger partial charge is 0.261 e. The monoisotopic (exact) mass is 450 g/mol. The summed E-state index contributed by atoms with van der Waals surface area (Å²) in [5.74, 6) is 0.406. The SMILES string of the molecule is O=C(Nc1ccc2c(c1)OC1(CCCC1)O2)c1ccc(S(=O)(=O)Nc2ccccc2)cc1. The lowest BCUT2D eigenvalue weighted by molar-refractivity contribution is -0.0716. The van der Waals surface area contributed by atoms with Gasteiger partial charge in [-0.25, -0.2) is 8.42 Å². The van der Waals surface area contributed by atoms with E-state index in [0.29, 0.717) is 28.4 Å². The van der Waals surface area contributed by atoms with E-state index in [0.717, 1.165) is 25.7 Å². The molecular weight excluding hydrogens is 428 g/mol. The van der Waals surface area contributed by atoms with Crippen molar-refractivity contribution < 1.29 is 22.7 Å². The molecule has 0 bridgehead atoms. The van der Waals surface area contributed by atoms with E-state index >= 15 is 0 Å². The highest BCUT2D eigenvalue weighted by molar-refractivity contribution is 7.92. The van der Waals surface area contributed by atoms with Crippen LogP contribution in [0.2, 0.25) is 0 Å². The van der Waals surface area contributed by atoms with Gasteiger partial charge in [-0.2, -0.15) is 0 Å². The molecule has 0 atom stereocenters. The number of amides is 1. The van der Waals surface area contributed by atoms with Gasteiger partial charge in [-0.15, -0.1) is 0 Å². The molecule has 0 radical (unpaired) electrons. The second-order valence-electron chi connectivity index (χ2n) is 7.93. The number of sulfonamides is 1. The minimum Gasteiger partial charge on any atom is -0.448 e. The third kappa shape index (κ3) is 4.01. The van der Waals surface area contributed by atoms with Gasteiger partial charge in [0.15, 0.2) is 11.5 Å². The van der Waals surface area contributed by atoms with E-state index in [4.69, 9.17) is 9.47 Å². The minimum absolute atomic E-state index is 0.0721. The first-order valence-corrected chi connectivity index (χ1v) is 11.9. The Balaban J connectivity index is 1.27. The topological polar surface area (TPSA) is 93.7 Å². The molecule has 0 saturated heterocycles. The van der Waals surface area contributed by atoms with Gasteiger partial charge < -0.3 is 14.8 Å². The number of para-hydroxylation sites is 1. The van der Waals surface area contributed by atoms with E-state index in [1.54, 1.807) is 48.5 Å². The van der Waals surface area contributed by atoms with E-state index in [1.165, 1.54) is 24.3 Å². The first-order valence-electron chi connectivity index (χ1n) is 10.4. The molecular formula is C24H22N2O5S. The molecule has 5 rings (SSSR count). The Morgan fingerprint density at radius 1 is 0.812 bits per heavy atom. The van der Waals surface area contributed by atoms with Crippen LogP contribution >= 0.6 is 0 Å². The summed E-state index contributed by atoms with van der Waals surface area (Å²) in [5.41, 5.74) is 1.39. The average molecular weight is 451 g/mol. The minimum atomic E-state index is -3.74. The number of fused-ring (bicyclic) bond motifs is 1. The Morgan fingerprint density at radius 3 is 2.22 bits per heavy atom. The van der Waals surface area contributed by atoms with Crippen LogP contribution in [0, 0.1) is 0 Å². The molecule has 1 heterocycles. The number of rotatable bonds is 5. The second-order valence-corrected chi connectivity index (χ2v) is 9.62. The predicted octanol–water partition coefficient (Wildman–Crippen LogP) is 4.78. The highest BCUT2D eigenvalue weighted by Gasteiger charge is 2.44. The zero-order valence-electron chi connectivity index (χ0n) is 17.2. The van der Waals surface area contributed by atoms with Crippen molar-refractivity contribution in [2.24, 2.45) is 0 Å². The molecule has 2 N–H and O–H groups in total. The van der Waals surface area contributed by atoms with Gasteiger partial charge in [0.1, 0.15) is 0 Å². The molecule has 1 spiro atoms. The molecule has 32 heavy (non-hydrogen) atoms. The highest BCUT2D eigenvalue weighted by Crippen LogP contribution is 2.47. The average Bonchev–Trinajstić information content (AvgIpc) is 3.39. The lowest BCUT2D eigenvalue weighted by Crippen LogP contribution is -2.34. The van der Waals surface area contributed by atoms with Crippen molar-refractivity contribution >= 4 is 27.3 Å². The summed E-state index contributed by atoms with van der Waals surface area (Å²) in [7, 11) is -3.74. The Bertz CT molecular complexity index is 1250. The quantitative estimate of drug-likeness (QED) is 0.583. The van der Waals surface area contributed by atoms with Gasteiger partial charge >= 0.3 is 0 Å². The second kappa shape index (κ2) is 7.87. The number of ether oxygens (including phenoxy) is 2. The van der Waals surface area contributed by atoms with Gasteiger partial charge in [-0.1, -0.05) is 18.2 Å².